The maximum Gasteiger partial charge on any atom is 0.165 e. The smallest absolute Gasteiger partial charge is 0.165 e. The summed E-state index contributed by atoms with van der Waals surface area (Å²) < 4.78 is 23.9. The van der Waals surface area contributed by atoms with Crippen molar-refractivity contribution in [3.63, 3.8) is 0 Å². The Bertz CT molecular complexity index is 804. The Morgan fingerprint density at radius 3 is 2.58 bits per heavy atom. The molecule has 0 radical (unpaired) electrons. The Kier molecular flexibility index (Phi) is 5.77. The fourth-order valence-electron chi connectivity index (χ4n) is 2.37. The molecular weight excluding hydrogens is 326 g/mol. The molecule has 6 nitrogen and oxygen atoms in total. The van der Waals surface area contributed by atoms with Gasteiger partial charge in [-0.15, -0.1) is 0 Å². The molecule has 1 aromatic carbocycles. The summed E-state index contributed by atoms with van der Waals surface area (Å²) >= 11 is 0. The molecule has 0 spiro atoms. The van der Waals surface area contributed by atoms with Gasteiger partial charge in [0.25, 0.3) is 0 Å². The summed E-state index contributed by atoms with van der Waals surface area (Å²) in [6, 6.07) is 8.59. The van der Waals surface area contributed by atoms with E-state index in [0.29, 0.717) is 17.2 Å². The molecule has 0 aliphatic carbocycles. The number of hydrogen-bond donors (Lipinski definition) is 2. The maximum atomic E-state index is 11.9. The molecule has 0 atom stereocenters. The molecule has 2 aromatic rings. The number of nitrogens with one attached hydrogen (secondary N) is 1. The van der Waals surface area contributed by atoms with Crippen LogP contribution in [0.1, 0.15) is 19.5 Å². The second kappa shape index (κ2) is 7.61. The third kappa shape index (κ3) is 5.19. The summed E-state index contributed by atoms with van der Waals surface area (Å²) in [4.78, 5) is 8.70. The zero-order chi connectivity index (χ0) is 17.7. The molecule has 0 fully saturated rings. The van der Waals surface area contributed by atoms with Crippen LogP contribution in [0, 0.1) is 12.8 Å². The lowest BCUT2D eigenvalue weighted by Crippen LogP contribution is -2.21. The molecule has 0 amide bonds. The van der Waals surface area contributed by atoms with Crippen molar-refractivity contribution in [1.82, 2.24) is 9.97 Å². The van der Waals surface area contributed by atoms with Gasteiger partial charge in [-0.1, -0.05) is 26.0 Å². The van der Waals surface area contributed by atoms with Crippen LogP contribution in [0.5, 0.6) is 5.75 Å². The summed E-state index contributed by atoms with van der Waals surface area (Å²) in [6.07, 6.45) is 0. The number of phenolic OH excluding ortho intramolecular Hbond substituents is 1. The average Bonchev–Trinajstić information content (AvgIpc) is 2.45. The minimum atomic E-state index is -3.08. The molecule has 1 aromatic heterocycles. The van der Waals surface area contributed by atoms with Gasteiger partial charge in [-0.2, -0.15) is 0 Å². The van der Waals surface area contributed by atoms with E-state index in [0.717, 1.165) is 5.69 Å². The van der Waals surface area contributed by atoms with Gasteiger partial charge in [0.05, 0.1) is 17.1 Å². The minimum absolute atomic E-state index is 0.0557. The lowest BCUT2D eigenvalue weighted by atomic mass is 10.2. The standard InChI is InChI=1S/C17H23N3O3S/c1-12(2)11-24(22,23)9-8-18-16-10-13(3)19-17(20-16)14-6-4-5-7-15(14)21/h4-7,10,12,21H,8-9,11H2,1-3H3,(H,18,19,20). The number of anilines is 1. The van der Waals surface area contributed by atoms with E-state index < -0.39 is 9.84 Å². The Hall–Kier alpha value is -2.15. The lowest BCUT2D eigenvalue weighted by molar-refractivity contribution is 0.477. The number of para-hydroxylation sites is 1. The Labute approximate surface area is 142 Å². The predicted octanol–water partition coefficient (Wildman–Crippen LogP) is 2.64. The predicted molar refractivity (Wildman–Crippen MR) is 95.9 cm³/mol. The molecule has 0 saturated heterocycles. The first-order valence-corrected chi connectivity index (χ1v) is 9.67. The van der Waals surface area contributed by atoms with Gasteiger partial charge in [-0.3, -0.25) is 0 Å². The van der Waals surface area contributed by atoms with E-state index >= 15 is 0 Å². The molecule has 0 unspecified atom stereocenters. The number of aromatic hydroxyl groups is 1. The number of aromatic nitrogens is 2. The van der Waals surface area contributed by atoms with Crippen molar-refractivity contribution in [2.75, 3.05) is 23.4 Å². The first-order chi connectivity index (χ1) is 11.3. The van der Waals surface area contributed by atoms with Crippen molar-refractivity contribution in [3.05, 3.63) is 36.0 Å². The molecule has 0 bridgehead atoms. The van der Waals surface area contributed by atoms with Crippen molar-refractivity contribution in [2.45, 2.75) is 20.8 Å². The molecule has 130 valence electrons. The van der Waals surface area contributed by atoms with Crippen molar-refractivity contribution in [1.29, 1.82) is 0 Å². The van der Waals surface area contributed by atoms with E-state index in [9.17, 15) is 13.5 Å². The van der Waals surface area contributed by atoms with Gasteiger partial charge >= 0.3 is 0 Å². The highest BCUT2D eigenvalue weighted by atomic mass is 32.2. The molecular formula is C17H23N3O3S. The number of phenols is 1. The van der Waals surface area contributed by atoms with E-state index in [1.165, 1.54) is 0 Å². The SMILES string of the molecule is Cc1cc(NCCS(=O)(=O)CC(C)C)nc(-c2ccccc2O)n1. The molecule has 24 heavy (non-hydrogen) atoms. The molecule has 7 heteroatoms. The number of rotatable bonds is 7. The third-order valence-electron chi connectivity index (χ3n) is 3.31. The zero-order valence-corrected chi connectivity index (χ0v) is 15.0. The van der Waals surface area contributed by atoms with E-state index in [1.54, 1.807) is 30.3 Å². The molecule has 2 N–H and O–H groups in total. The van der Waals surface area contributed by atoms with Crippen LogP contribution in [0.25, 0.3) is 11.4 Å². The number of sulfone groups is 1. The fourth-order valence-corrected chi connectivity index (χ4v) is 3.96. The zero-order valence-electron chi connectivity index (χ0n) is 14.2. The van der Waals surface area contributed by atoms with Crippen LogP contribution in [0.2, 0.25) is 0 Å². The van der Waals surface area contributed by atoms with Crippen molar-refractivity contribution >= 4 is 15.7 Å². The second-order valence-electron chi connectivity index (χ2n) is 6.17. The highest BCUT2D eigenvalue weighted by Crippen LogP contribution is 2.26. The van der Waals surface area contributed by atoms with E-state index in [4.69, 9.17) is 0 Å². The van der Waals surface area contributed by atoms with E-state index in [-0.39, 0.29) is 29.7 Å². The monoisotopic (exact) mass is 349 g/mol. The quantitative estimate of drug-likeness (QED) is 0.798. The minimum Gasteiger partial charge on any atom is -0.507 e. The number of aryl methyl sites for hydroxylation is 1. The first kappa shape index (κ1) is 18.2. The van der Waals surface area contributed by atoms with E-state index in [2.05, 4.69) is 15.3 Å². The average molecular weight is 349 g/mol. The van der Waals surface area contributed by atoms with Gasteiger partial charge in [0.15, 0.2) is 15.7 Å². The molecule has 0 aliphatic rings. The number of benzene rings is 1. The Morgan fingerprint density at radius 1 is 1.21 bits per heavy atom. The Balaban J connectivity index is 2.11. The van der Waals surface area contributed by atoms with Crippen molar-refractivity contribution in [2.24, 2.45) is 5.92 Å². The highest BCUT2D eigenvalue weighted by Gasteiger charge is 2.13. The number of hydrogen-bond acceptors (Lipinski definition) is 6. The van der Waals surface area contributed by atoms with Gasteiger partial charge in [-0.05, 0) is 25.0 Å². The van der Waals surface area contributed by atoms with Gasteiger partial charge in [0.1, 0.15) is 11.6 Å². The summed E-state index contributed by atoms with van der Waals surface area (Å²) in [5, 5.41) is 13.0. The van der Waals surface area contributed by atoms with Crippen molar-refractivity contribution < 1.29 is 13.5 Å². The third-order valence-corrected chi connectivity index (χ3v) is 5.31. The van der Waals surface area contributed by atoms with Crippen LogP contribution in [-0.2, 0) is 9.84 Å². The van der Waals surface area contributed by atoms with Crippen LogP contribution in [-0.4, -0.2) is 41.5 Å². The topological polar surface area (TPSA) is 92.2 Å². The summed E-state index contributed by atoms with van der Waals surface area (Å²) in [5.41, 5.74) is 1.27. The van der Waals surface area contributed by atoms with Crippen LogP contribution in [0.4, 0.5) is 5.82 Å². The number of nitrogens with zero attached hydrogens (tertiary/aromatic N) is 2. The largest absolute Gasteiger partial charge is 0.507 e. The summed E-state index contributed by atoms with van der Waals surface area (Å²) in [7, 11) is -3.08. The molecule has 0 saturated carbocycles. The summed E-state index contributed by atoms with van der Waals surface area (Å²) in [6.45, 7) is 5.88. The lowest BCUT2D eigenvalue weighted by Gasteiger charge is -2.10. The first-order valence-electron chi connectivity index (χ1n) is 7.85. The van der Waals surface area contributed by atoms with Crippen LogP contribution >= 0.6 is 0 Å². The maximum absolute atomic E-state index is 11.9. The molecule has 2 rings (SSSR count). The van der Waals surface area contributed by atoms with Gasteiger partial charge in [0, 0.05) is 18.3 Å². The van der Waals surface area contributed by atoms with Crippen LogP contribution < -0.4 is 5.32 Å². The normalized spacial score (nSPS) is 11.7. The van der Waals surface area contributed by atoms with Gasteiger partial charge in [0.2, 0.25) is 0 Å². The van der Waals surface area contributed by atoms with Crippen molar-refractivity contribution in [3.8, 4) is 17.1 Å². The molecule has 1 heterocycles. The Morgan fingerprint density at radius 2 is 1.92 bits per heavy atom. The molecule has 0 aliphatic heterocycles. The summed E-state index contributed by atoms with van der Waals surface area (Å²) in [5.74, 6) is 1.40. The highest BCUT2D eigenvalue weighted by molar-refractivity contribution is 7.91. The van der Waals surface area contributed by atoms with Crippen LogP contribution in [0.15, 0.2) is 30.3 Å². The fraction of sp³-hybridized carbons (Fsp3) is 0.412. The van der Waals surface area contributed by atoms with Gasteiger partial charge < -0.3 is 10.4 Å². The van der Waals surface area contributed by atoms with E-state index in [1.807, 2.05) is 20.8 Å². The van der Waals surface area contributed by atoms with Gasteiger partial charge in [-0.25, -0.2) is 18.4 Å². The van der Waals surface area contributed by atoms with Crippen LogP contribution in [0.3, 0.4) is 0 Å². The second-order valence-corrected chi connectivity index (χ2v) is 8.40.